The van der Waals surface area contributed by atoms with Gasteiger partial charge in [-0.3, -0.25) is 29.5 Å². The van der Waals surface area contributed by atoms with E-state index < -0.39 is 52.6 Å². The molecule has 0 spiro atoms. The fraction of sp³-hybridized carbons (Fsp3) is 0.208. The fourth-order valence-corrected chi connectivity index (χ4v) is 10.0. The van der Waals surface area contributed by atoms with Crippen molar-refractivity contribution in [3.63, 3.8) is 0 Å². The number of hydrogen-bond acceptors (Lipinski definition) is 8. The molecule has 4 aliphatic rings. The number of carbonyl (C=O) groups excluding carboxylic acids is 4. The van der Waals surface area contributed by atoms with Gasteiger partial charge in [0, 0.05) is 16.5 Å². The summed E-state index contributed by atoms with van der Waals surface area (Å²) in [6.07, 6.45) is 6.07. The molecule has 0 radical (unpaired) electrons. The second kappa shape index (κ2) is 15.1. The van der Waals surface area contributed by atoms with Crippen LogP contribution in [0.2, 0.25) is 5.02 Å². The number of benzene rings is 5. The number of anilines is 2. The molecule has 9 rings (SSSR count). The maximum absolute atomic E-state index is 15.3. The highest BCUT2D eigenvalue weighted by Gasteiger charge is 2.70. The smallest absolute Gasteiger partial charge is 0.260 e. The first-order chi connectivity index (χ1) is 29.0. The molecule has 6 unspecified atom stereocenters. The summed E-state index contributed by atoms with van der Waals surface area (Å²) in [4.78, 5) is 60.4. The number of nitrogens with one attached hydrogen (secondary N) is 1. The van der Waals surface area contributed by atoms with Gasteiger partial charge in [-0.2, -0.15) is 5.01 Å². The summed E-state index contributed by atoms with van der Waals surface area (Å²) in [5, 5.41) is 12.3. The van der Waals surface area contributed by atoms with E-state index in [-0.39, 0.29) is 30.4 Å². The largest absolute Gasteiger partial charge is 0.508 e. The molecule has 2 aliphatic heterocycles. The maximum atomic E-state index is 15.3. The minimum Gasteiger partial charge on any atom is -0.508 e. The summed E-state index contributed by atoms with van der Waals surface area (Å²) >= 11 is 6.38. The number of nitrogens with zero attached hydrogens (tertiary/aromatic N) is 2. The number of imide groups is 2. The number of allylic oxidation sites excluding steroid dienone is 2. The Labute approximate surface area is 350 Å². The van der Waals surface area contributed by atoms with Crippen LogP contribution >= 0.6 is 11.6 Å². The summed E-state index contributed by atoms with van der Waals surface area (Å²) in [5.41, 5.74) is 5.62. The first-order valence-electron chi connectivity index (χ1n) is 19.6. The van der Waals surface area contributed by atoms with Gasteiger partial charge in [0.05, 0.1) is 48.8 Å². The average molecular weight is 824 g/mol. The molecule has 2 heterocycles. The zero-order valence-electron chi connectivity index (χ0n) is 32.5. The Morgan fingerprint density at radius 3 is 2.27 bits per heavy atom. The number of phenols is 1. The van der Waals surface area contributed by atoms with Crippen LogP contribution in [0.4, 0.5) is 15.8 Å². The lowest BCUT2D eigenvalue weighted by Crippen LogP contribution is -2.53. The first-order valence-corrected chi connectivity index (χ1v) is 19.9. The molecule has 2 aliphatic carbocycles. The van der Waals surface area contributed by atoms with Gasteiger partial charge in [-0.1, -0.05) is 71.8 Å². The Morgan fingerprint density at radius 1 is 0.817 bits per heavy atom. The summed E-state index contributed by atoms with van der Waals surface area (Å²) in [6.45, 7) is 0. The van der Waals surface area contributed by atoms with Crippen LogP contribution < -0.4 is 19.8 Å². The number of phenolic OH excluding ortho intramolecular Hbond substituents is 1. The van der Waals surface area contributed by atoms with Crippen LogP contribution in [0, 0.1) is 29.5 Å². The van der Waals surface area contributed by atoms with Crippen LogP contribution in [-0.4, -0.2) is 48.0 Å². The summed E-state index contributed by atoms with van der Waals surface area (Å²) in [5.74, 6) is -4.92. The first kappa shape index (κ1) is 38.8. The molecule has 4 amide bonds. The van der Waals surface area contributed by atoms with Crippen LogP contribution in [-0.2, 0) is 24.6 Å². The van der Waals surface area contributed by atoms with E-state index in [1.165, 1.54) is 35.2 Å². The van der Waals surface area contributed by atoms with Gasteiger partial charge in [-0.15, -0.1) is 0 Å². The fourth-order valence-electron chi connectivity index (χ4n) is 9.88. The Morgan fingerprint density at radius 2 is 1.57 bits per heavy atom. The Bertz CT molecular complexity index is 2610. The van der Waals surface area contributed by atoms with Gasteiger partial charge in [0.25, 0.3) is 11.8 Å². The van der Waals surface area contributed by atoms with E-state index in [1.807, 2.05) is 48.6 Å². The van der Waals surface area contributed by atoms with Crippen molar-refractivity contribution in [2.24, 2.45) is 23.7 Å². The van der Waals surface area contributed by atoms with Crippen molar-refractivity contribution in [1.82, 2.24) is 5.01 Å². The van der Waals surface area contributed by atoms with Crippen molar-refractivity contribution in [2.45, 2.75) is 24.2 Å². The molecule has 60 heavy (non-hydrogen) atoms. The predicted molar refractivity (Wildman–Crippen MR) is 225 cm³/mol. The number of methoxy groups -OCH3 is 2. The lowest BCUT2D eigenvalue weighted by atomic mass is 9.49. The van der Waals surface area contributed by atoms with Gasteiger partial charge in [0.15, 0.2) is 0 Å². The summed E-state index contributed by atoms with van der Waals surface area (Å²) in [6, 6.07) is 31.4. The van der Waals surface area contributed by atoms with E-state index >= 15 is 4.79 Å². The molecule has 1 saturated carbocycles. The van der Waals surface area contributed by atoms with E-state index in [9.17, 15) is 23.9 Å². The third-order valence-corrected chi connectivity index (χ3v) is 12.8. The highest BCUT2D eigenvalue weighted by atomic mass is 35.5. The second-order valence-electron chi connectivity index (χ2n) is 15.5. The molecule has 3 fully saturated rings. The standard InChI is InChI=1S/C48H39ClFN3O7/c1-59-36-20-23-41(60-2)28(25-36)9-6-27-7-18-34(19-8-27)52-44(55)38-22-21-37-39(42(38)46(52)57)26-40-45(56)53(51-33-16-14-32(50)15-17-33)47(58)48(40,30-10-12-31(49)13-11-30)43(37)29-4-3-5-35(54)24-29/h3-21,23-25,38-40,42-43,51,54H,22,26H2,1-2H3. The normalized spacial score (nSPS) is 24.6. The lowest BCUT2D eigenvalue weighted by Gasteiger charge is -2.50. The second-order valence-corrected chi connectivity index (χ2v) is 15.9. The number of fused-ring (bicyclic) bond motifs is 4. The molecule has 5 aromatic carbocycles. The SMILES string of the molecule is COc1ccc(OC)c(C=Cc2ccc(N3C(=O)C4CC=C5C(CC6C(=O)N(Nc7ccc(F)cc7)C(=O)C6(c6ccc(Cl)cc6)C5c5cccc(O)c5)C4C3=O)cc2)c1. The Hall–Kier alpha value is -6.72. The minimum atomic E-state index is -1.55. The molecule has 2 saturated heterocycles. The van der Waals surface area contributed by atoms with E-state index in [0.29, 0.717) is 39.0 Å². The van der Waals surface area contributed by atoms with Crippen molar-refractivity contribution < 1.29 is 38.1 Å². The number of halogens is 2. The maximum Gasteiger partial charge on any atom is 0.260 e. The van der Waals surface area contributed by atoms with Crippen LogP contribution in [0.25, 0.3) is 12.2 Å². The van der Waals surface area contributed by atoms with Gasteiger partial charge in [-0.25, -0.2) is 4.39 Å². The van der Waals surface area contributed by atoms with E-state index in [4.69, 9.17) is 21.1 Å². The third kappa shape index (κ3) is 6.23. The monoisotopic (exact) mass is 823 g/mol. The zero-order chi connectivity index (χ0) is 41.9. The number of hydrazine groups is 1. The molecular weight excluding hydrogens is 785 g/mol. The quantitative estimate of drug-likeness (QED) is 0.0861. The molecule has 5 aromatic rings. The van der Waals surface area contributed by atoms with Crippen molar-refractivity contribution in [3.8, 4) is 17.2 Å². The highest BCUT2D eigenvalue weighted by molar-refractivity contribution is 6.30. The van der Waals surface area contributed by atoms with Crippen LogP contribution in [0.1, 0.15) is 41.0 Å². The van der Waals surface area contributed by atoms with Crippen molar-refractivity contribution in [1.29, 1.82) is 0 Å². The number of hydrogen-bond donors (Lipinski definition) is 2. The number of ether oxygens (including phenoxy) is 2. The highest BCUT2D eigenvalue weighted by Crippen LogP contribution is 2.64. The van der Waals surface area contributed by atoms with Crippen LogP contribution in [0.3, 0.4) is 0 Å². The van der Waals surface area contributed by atoms with Gasteiger partial charge in [0.2, 0.25) is 11.8 Å². The molecule has 6 atom stereocenters. The summed E-state index contributed by atoms with van der Waals surface area (Å²) in [7, 11) is 3.19. The van der Waals surface area contributed by atoms with Gasteiger partial charge in [0.1, 0.15) is 23.1 Å². The van der Waals surface area contributed by atoms with Crippen molar-refractivity contribution >= 4 is 58.8 Å². The van der Waals surface area contributed by atoms with Gasteiger partial charge >= 0.3 is 0 Å². The van der Waals surface area contributed by atoms with Crippen molar-refractivity contribution in [3.05, 3.63) is 160 Å². The van der Waals surface area contributed by atoms with Gasteiger partial charge in [-0.05, 0) is 114 Å². The molecule has 10 nitrogen and oxygen atoms in total. The molecule has 0 bridgehead atoms. The molecule has 2 N–H and O–H groups in total. The van der Waals surface area contributed by atoms with Crippen molar-refractivity contribution in [2.75, 3.05) is 24.5 Å². The average Bonchev–Trinajstić information content (AvgIpc) is 3.64. The topological polar surface area (TPSA) is 125 Å². The molecule has 12 heteroatoms. The van der Waals surface area contributed by atoms with Crippen LogP contribution in [0.5, 0.6) is 17.2 Å². The zero-order valence-corrected chi connectivity index (χ0v) is 33.3. The number of carbonyl (C=O) groups is 4. The number of rotatable bonds is 9. The molecule has 0 aromatic heterocycles. The minimum absolute atomic E-state index is 0.0380. The Balaban J connectivity index is 1.10. The molecular formula is C48H39ClFN3O7. The van der Waals surface area contributed by atoms with Crippen LogP contribution in [0.15, 0.2) is 127 Å². The van der Waals surface area contributed by atoms with Gasteiger partial charge < -0.3 is 14.6 Å². The Kier molecular flexibility index (Phi) is 9.79. The van der Waals surface area contributed by atoms with E-state index in [1.54, 1.807) is 68.8 Å². The third-order valence-electron chi connectivity index (χ3n) is 12.5. The number of amides is 4. The van der Waals surface area contributed by atoms with E-state index in [0.717, 1.165) is 21.7 Å². The summed E-state index contributed by atoms with van der Waals surface area (Å²) < 4.78 is 24.8. The lowest BCUT2D eigenvalue weighted by molar-refractivity contribution is -0.138. The number of aromatic hydroxyl groups is 1. The predicted octanol–water partition coefficient (Wildman–Crippen LogP) is 8.56. The van der Waals surface area contributed by atoms with E-state index in [2.05, 4.69) is 5.43 Å². The molecule has 302 valence electrons.